The van der Waals surface area contributed by atoms with Crippen LogP contribution in [0, 0.1) is 6.92 Å². The van der Waals surface area contributed by atoms with Crippen LogP contribution in [0.5, 0.6) is 5.75 Å². The molecule has 0 spiro atoms. The van der Waals surface area contributed by atoms with Crippen LogP contribution in [0.15, 0.2) is 60.0 Å². The topological polar surface area (TPSA) is 81.7 Å². The number of nitrogens with one attached hydrogen (secondary N) is 1. The van der Waals surface area contributed by atoms with Crippen molar-refractivity contribution in [3.8, 4) is 5.75 Å². The van der Waals surface area contributed by atoms with E-state index in [1.54, 1.807) is 24.3 Å². The standard InChI is InChI=1S/C19H21NO5S/c1-16-6-5-9-18(14-16)24-11-12-25-19(21)15-20-26(22,23)13-10-17-7-3-2-4-8-17/h2-10,13-14,20H,11-12,15H2,1H3/b13-10+. The summed E-state index contributed by atoms with van der Waals surface area (Å²) in [4.78, 5) is 11.6. The molecule has 138 valence electrons. The summed E-state index contributed by atoms with van der Waals surface area (Å²) in [5, 5.41) is 1.01. The summed E-state index contributed by atoms with van der Waals surface area (Å²) in [6.07, 6.45) is 1.45. The molecule has 0 atom stereocenters. The Morgan fingerprint density at radius 1 is 1.08 bits per heavy atom. The molecule has 2 aromatic carbocycles. The summed E-state index contributed by atoms with van der Waals surface area (Å²) in [5.41, 5.74) is 1.81. The first kappa shape index (κ1) is 19.7. The molecule has 0 saturated carbocycles. The van der Waals surface area contributed by atoms with Gasteiger partial charge >= 0.3 is 5.97 Å². The van der Waals surface area contributed by atoms with Gasteiger partial charge in [0, 0.05) is 5.41 Å². The lowest BCUT2D eigenvalue weighted by Gasteiger charge is -2.08. The fraction of sp³-hybridized carbons (Fsp3) is 0.211. The summed E-state index contributed by atoms with van der Waals surface area (Å²) in [6, 6.07) is 16.5. The van der Waals surface area contributed by atoms with E-state index in [-0.39, 0.29) is 13.2 Å². The summed E-state index contributed by atoms with van der Waals surface area (Å²) in [6.45, 7) is 1.74. The van der Waals surface area contributed by atoms with Gasteiger partial charge in [-0.25, -0.2) is 13.1 Å². The lowest BCUT2D eigenvalue weighted by molar-refractivity contribution is -0.142. The molecule has 2 rings (SSSR count). The van der Waals surface area contributed by atoms with E-state index in [0.717, 1.165) is 16.5 Å². The fourth-order valence-corrected chi connectivity index (χ4v) is 2.76. The minimum absolute atomic E-state index is 0.0361. The Kier molecular flexibility index (Phi) is 7.37. The van der Waals surface area contributed by atoms with Crippen LogP contribution in [0.25, 0.3) is 6.08 Å². The molecule has 1 N–H and O–H groups in total. The quantitative estimate of drug-likeness (QED) is 0.538. The molecule has 7 heteroatoms. The van der Waals surface area contributed by atoms with Gasteiger partial charge in [0.15, 0.2) is 0 Å². The molecule has 0 radical (unpaired) electrons. The Morgan fingerprint density at radius 3 is 2.58 bits per heavy atom. The maximum atomic E-state index is 11.8. The van der Waals surface area contributed by atoms with Gasteiger partial charge in [-0.2, -0.15) is 0 Å². The van der Waals surface area contributed by atoms with E-state index in [2.05, 4.69) is 4.72 Å². The van der Waals surface area contributed by atoms with E-state index in [9.17, 15) is 13.2 Å². The second kappa shape index (κ2) is 9.74. The minimum Gasteiger partial charge on any atom is -0.490 e. The van der Waals surface area contributed by atoms with Gasteiger partial charge in [0.25, 0.3) is 0 Å². The largest absolute Gasteiger partial charge is 0.490 e. The molecule has 0 aliphatic heterocycles. The number of hydrogen-bond donors (Lipinski definition) is 1. The lowest BCUT2D eigenvalue weighted by Crippen LogP contribution is -2.30. The summed E-state index contributed by atoms with van der Waals surface area (Å²) < 4.78 is 36.2. The number of ether oxygens (including phenoxy) is 2. The maximum Gasteiger partial charge on any atom is 0.321 e. The Bertz CT molecular complexity index is 847. The van der Waals surface area contributed by atoms with Crippen LogP contribution in [-0.2, 0) is 19.6 Å². The molecule has 0 heterocycles. The molecule has 0 saturated heterocycles. The summed E-state index contributed by atoms with van der Waals surface area (Å²) >= 11 is 0. The zero-order valence-corrected chi connectivity index (χ0v) is 15.2. The number of hydrogen-bond acceptors (Lipinski definition) is 5. The second-order valence-electron chi connectivity index (χ2n) is 5.46. The lowest BCUT2D eigenvalue weighted by atomic mass is 10.2. The van der Waals surface area contributed by atoms with Crippen molar-refractivity contribution < 1.29 is 22.7 Å². The van der Waals surface area contributed by atoms with Crippen LogP contribution in [0.3, 0.4) is 0 Å². The second-order valence-corrected chi connectivity index (χ2v) is 7.12. The summed E-state index contributed by atoms with van der Waals surface area (Å²) in [5.74, 6) is 0.0160. The third kappa shape index (κ3) is 7.50. The van der Waals surface area contributed by atoms with Gasteiger partial charge in [-0.3, -0.25) is 4.79 Å². The van der Waals surface area contributed by atoms with Crippen molar-refractivity contribution in [2.75, 3.05) is 19.8 Å². The van der Waals surface area contributed by atoms with Crippen molar-refractivity contribution in [3.63, 3.8) is 0 Å². The summed E-state index contributed by atoms with van der Waals surface area (Å²) in [7, 11) is -3.72. The molecule has 2 aromatic rings. The normalized spacial score (nSPS) is 11.4. The van der Waals surface area contributed by atoms with E-state index >= 15 is 0 Å². The number of carbonyl (C=O) groups excluding carboxylic acids is 1. The van der Waals surface area contributed by atoms with Crippen molar-refractivity contribution in [3.05, 3.63) is 71.1 Å². The number of carbonyl (C=O) groups is 1. The molecule has 0 aliphatic carbocycles. The molecule has 26 heavy (non-hydrogen) atoms. The highest BCUT2D eigenvalue weighted by Crippen LogP contribution is 2.11. The monoisotopic (exact) mass is 375 g/mol. The minimum atomic E-state index is -3.72. The van der Waals surface area contributed by atoms with Gasteiger partial charge in [-0.05, 0) is 36.3 Å². The third-order valence-electron chi connectivity index (χ3n) is 3.26. The van der Waals surface area contributed by atoms with Gasteiger partial charge in [-0.15, -0.1) is 0 Å². The molecule has 0 bridgehead atoms. The average Bonchev–Trinajstić information content (AvgIpc) is 2.63. The molecule has 0 aliphatic rings. The first-order valence-corrected chi connectivity index (χ1v) is 9.57. The van der Waals surface area contributed by atoms with Crippen molar-refractivity contribution in [2.45, 2.75) is 6.92 Å². The van der Waals surface area contributed by atoms with E-state index in [1.807, 2.05) is 37.3 Å². The SMILES string of the molecule is Cc1cccc(OCCOC(=O)CNS(=O)(=O)/C=C/c2ccccc2)c1. The fourth-order valence-electron chi connectivity index (χ4n) is 2.01. The number of rotatable bonds is 9. The van der Waals surface area contributed by atoms with Gasteiger partial charge < -0.3 is 9.47 Å². The highest BCUT2D eigenvalue weighted by atomic mass is 32.2. The Morgan fingerprint density at radius 2 is 1.85 bits per heavy atom. The van der Waals surface area contributed by atoms with Gasteiger partial charge in [0.1, 0.15) is 25.5 Å². The highest BCUT2D eigenvalue weighted by molar-refractivity contribution is 7.92. The Balaban J connectivity index is 1.68. The van der Waals surface area contributed by atoms with Crippen molar-refractivity contribution in [1.82, 2.24) is 4.72 Å². The van der Waals surface area contributed by atoms with Gasteiger partial charge in [-0.1, -0.05) is 42.5 Å². The third-order valence-corrected chi connectivity index (χ3v) is 4.30. The van der Waals surface area contributed by atoms with E-state index < -0.39 is 22.5 Å². The number of esters is 1. The van der Waals surface area contributed by atoms with Crippen molar-refractivity contribution in [1.29, 1.82) is 0 Å². The molecule has 0 aromatic heterocycles. The van der Waals surface area contributed by atoms with Crippen molar-refractivity contribution >= 4 is 22.1 Å². The Labute approximate surface area is 153 Å². The highest BCUT2D eigenvalue weighted by Gasteiger charge is 2.09. The zero-order chi connectivity index (χ0) is 18.8. The average molecular weight is 375 g/mol. The number of sulfonamides is 1. The number of benzene rings is 2. The van der Waals surface area contributed by atoms with Gasteiger partial charge in [0.05, 0.1) is 0 Å². The predicted octanol–water partition coefficient (Wildman–Crippen LogP) is 2.51. The first-order chi connectivity index (χ1) is 12.4. The van der Waals surface area contributed by atoms with Crippen molar-refractivity contribution in [2.24, 2.45) is 0 Å². The maximum absolute atomic E-state index is 11.8. The van der Waals surface area contributed by atoms with E-state index in [4.69, 9.17) is 9.47 Å². The predicted molar refractivity (Wildman–Crippen MR) is 100 cm³/mol. The Hall–Kier alpha value is -2.64. The molecular formula is C19H21NO5S. The number of aryl methyl sites for hydroxylation is 1. The molecule has 0 unspecified atom stereocenters. The van der Waals surface area contributed by atoms with Crippen LogP contribution in [0.2, 0.25) is 0 Å². The van der Waals surface area contributed by atoms with Crippen LogP contribution in [0.1, 0.15) is 11.1 Å². The molecule has 0 fully saturated rings. The first-order valence-electron chi connectivity index (χ1n) is 8.02. The van der Waals surface area contributed by atoms with Crippen LogP contribution >= 0.6 is 0 Å². The zero-order valence-electron chi connectivity index (χ0n) is 14.4. The van der Waals surface area contributed by atoms with Crippen LogP contribution in [0.4, 0.5) is 0 Å². The molecule has 6 nitrogen and oxygen atoms in total. The van der Waals surface area contributed by atoms with E-state index in [1.165, 1.54) is 6.08 Å². The van der Waals surface area contributed by atoms with Gasteiger partial charge in [0.2, 0.25) is 10.0 Å². The van der Waals surface area contributed by atoms with Crippen LogP contribution < -0.4 is 9.46 Å². The van der Waals surface area contributed by atoms with E-state index in [0.29, 0.717) is 5.75 Å². The molecule has 0 amide bonds. The van der Waals surface area contributed by atoms with Crippen LogP contribution in [-0.4, -0.2) is 34.1 Å². The smallest absolute Gasteiger partial charge is 0.321 e. The molecular weight excluding hydrogens is 354 g/mol.